The molecule has 0 aromatic heterocycles. The van der Waals surface area contributed by atoms with E-state index in [-0.39, 0.29) is 0 Å². The Bertz CT molecular complexity index is 394. The summed E-state index contributed by atoms with van der Waals surface area (Å²) in [6.45, 7) is 5.28. The minimum Gasteiger partial charge on any atom is -0.489 e. The molecule has 0 heterocycles. The molecule has 100 valence electrons. The molecule has 0 bridgehead atoms. The second-order valence-corrected chi connectivity index (χ2v) is 5.47. The van der Waals surface area contributed by atoms with Gasteiger partial charge in [-0.05, 0) is 62.9 Å². The van der Waals surface area contributed by atoms with Gasteiger partial charge in [0.1, 0.15) is 11.9 Å². The molecule has 1 N–H and O–H groups in total. The van der Waals surface area contributed by atoms with Crippen LogP contribution in [0.2, 0.25) is 5.02 Å². The maximum absolute atomic E-state index is 6.10. The number of rotatable bonds is 5. The first-order chi connectivity index (χ1) is 8.70. The van der Waals surface area contributed by atoms with Crippen LogP contribution in [0.15, 0.2) is 18.2 Å². The Balaban J connectivity index is 1.96. The minimum atomic E-state index is 0.303. The van der Waals surface area contributed by atoms with Crippen molar-refractivity contribution >= 4 is 11.6 Å². The van der Waals surface area contributed by atoms with Crippen LogP contribution in [0.4, 0.5) is 0 Å². The molecule has 1 aromatic rings. The van der Waals surface area contributed by atoms with Crippen molar-refractivity contribution in [1.82, 2.24) is 5.32 Å². The third kappa shape index (κ3) is 3.39. The van der Waals surface area contributed by atoms with E-state index < -0.39 is 0 Å². The first-order valence-electron chi connectivity index (χ1n) is 6.87. The Hall–Kier alpha value is -0.730. The molecule has 0 saturated heterocycles. The van der Waals surface area contributed by atoms with Gasteiger partial charge in [-0.1, -0.05) is 18.5 Å². The van der Waals surface area contributed by atoms with Crippen LogP contribution < -0.4 is 10.1 Å². The van der Waals surface area contributed by atoms with Crippen LogP contribution in [0.5, 0.6) is 5.75 Å². The van der Waals surface area contributed by atoms with Crippen molar-refractivity contribution in [1.29, 1.82) is 0 Å². The molecule has 1 aliphatic carbocycles. The van der Waals surface area contributed by atoms with Gasteiger partial charge in [-0.25, -0.2) is 0 Å². The van der Waals surface area contributed by atoms with E-state index in [4.69, 9.17) is 16.3 Å². The van der Waals surface area contributed by atoms with Crippen LogP contribution in [0.1, 0.15) is 38.2 Å². The van der Waals surface area contributed by atoms with Gasteiger partial charge in [-0.3, -0.25) is 0 Å². The molecule has 0 amide bonds. The molecular weight excluding hydrogens is 246 g/mol. The number of halogens is 1. The summed E-state index contributed by atoms with van der Waals surface area (Å²) in [5.41, 5.74) is 1.07. The van der Waals surface area contributed by atoms with Gasteiger partial charge in [0.25, 0.3) is 0 Å². The predicted molar refractivity (Wildman–Crippen MR) is 76.5 cm³/mol. The third-order valence-corrected chi connectivity index (χ3v) is 3.95. The van der Waals surface area contributed by atoms with Gasteiger partial charge >= 0.3 is 0 Å². The number of hydrogen-bond acceptors (Lipinski definition) is 2. The van der Waals surface area contributed by atoms with Gasteiger partial charge in [0.05, 0.1) is 0 Å². The second kappa shape index (κ2) is 6.44. The molecule has 0 aliphatic heterocycles. The lowest BCUT2D eigenvalue weighted by atomic mass is 10.2. The zero-order valence-corrected chi connectivity index (χ0v) is 12.0. The van der Waals surface area contributed by atoms with E-state index in [9.17, 15) is 0 Å². The Labute approximate surface area is 115 Å². The molecule has 0 radical (unpaired) electrons. The van der Waals surface area contributed by atoms with Crippen molar-refractivity contribution in [2.75, 3.05) is 6.54 Å². The maximum atomic E-state index is 6.10. The van der Waals surface area contributed by atoms with Crippen LogP contribution in [-0.2, 0) is 0 Å². The predicted octanol–water partition coefficient (Wildman–Crippen LogP) is 3.95. The van der Waals surface area contributed by atoms with Gasteiger partial charge in [-0.15, -0.1) is 0 Å². The topological polar surface area (TPSA) is 21.3 Å². The first-order valence-corrected chi connectivity index (χ1v) is 7.24. The molecule has 1 fully saturated rings. The highest BCUT2D eigenvalue weighted by molar-refractivity contribution is 6.31. The molecule has 18 heavy (non-hydrogen) atoms. The van der Waals surface area contributed by atoms with Gasteiger partial charge in [0, 0.05) is 11.1 Å². The van der Waals surface area contributed by atoms with E-state index in [0.717, 1.165) is 29.3 Å². The number of nitrogens with one attached hydrogen (secondary N) is 1. The van der Waals surface area contributed by atoms with E-state index >= 15 is 0 Å². The SMILES string of the molecule is CCCNC1CCCC1Oc1ccc(Cl)c(C)c1. The van der Waals surface area contributed by atoms with Gasteiger partial charge in [-0.2, -0.15) is 0 Å². The zero-order chi connectivity index (χ0) is 13.0. The number of ether oxygens (including phenoxy) is 1. The average molecular weight is 268 g/mol. The van der Waals surface area contributed by atoms with Crippen molar-refractivity contribution in [2.45, 2.75) is 51.7 Å². The highest BCUT2D eigenvalue weighted by atomic mass is 35.5. The van der Waals surface area contributed by atoms with Gasteiger partial charge in [0.15, 0.2) is 0 Å². The van der Waals surface area contributed by atoms with E-state index in [1.807, 2.05) is 25.1 Å². The standard InChI is InChI=1S/C15H22ClNO/c1-3-9-17-14-5-4-6-15(14)18-12-7-8-13(16)11(2)10-12/h7-8,10,14-15,17H,3-6,9H2,1-2H3. The molecule has 3 heteroatoms. The summed E-state index contributed by atoms with van der Waals surface area (Å²) in [5.74, 6) is 0.937. The van der Waals surface area contributed by atoms with Crippen molar-refractivity contribution in [3.05, 3.63) is 28.8 Å². The van der Waals surface area contributed by atoms with Crippen molar-refractivity contribution in [3.63, 3.8) is 0 Å². The summed E-state index contributed by atoms with van der Waals surface area (Å²) in [6, 6.07) is 6.40. The largest absolute Gasteiger partial charge is 0.489 e. The fourth-order valence-corrected chi connectivity index (χ4v) is 2.61. The average Bonchev–Trinajstić information content (AvgIpc) is 2.79. The molecule has 2 atom stereocenters. The summed E-state index contributed by atoms with van der Waals surface area (Å²) in [5, 5.41) is 4.38. The molecule has 1 saturated carbocycles. The third-order valence-electron chi connectivity index (χ3n) is 3.53. The normalized spacial score (nSPS) is 23.3. The molecule has 2 nitrogen and oxygen atoms in total. The lowest BCUT2D eigenvalue weighted by Crippen LogP contribution is -2.39. The Morgan fingerprint density at radius 1 is 1.39 bits per heavy atom. The van der Waals surface area contributed by atoms with Crippen molar-refractivity contribution in [3.8, 4) is 5.75 Å². The van der Waals surface area contributed by atoms with E-state index in [0.29, 0.717) is 12.1 Å². The van der Waals surface area contributed by atoms with Crippen LogP contribution in [0.25, 0.3) is 0 Å². The molecular formula is C15H22ClNO. The fourth-order valence-electron chi connectivity index (χ4n) is 2.50. The second-order valence-electron chi connectivity index (χ2n) is 5.06. The van der Waals surface area contributed by atoms with Crippen LogP contribution in [0, 0.1) is 6.92 Å². The number of aryl methyl sites for hydroxylation is 1. The maximum Gasteiger partial charge on any atom is 0.120 e. The number of hydrogen-bond donors (Lipinski definition) is 1. The highest BCUT2D eigenvalue weighted by Crippen LogP contribution is 2.27. The minimum absolute atomic E-state index is 0.303. The smallest absolute Gasteiger partial charge is 0.120 e. The molecule has 2 unspecified atom stereocenters. The Morgan fingerprint density at radius 2 is 2.22 bits per heavy atom. The zero-order valence-electron chi connectivity index (χ0n) is 11.2. The van der Waals surface area contributed by atoms with Gasteiger partial charge < -0.3 is 10.1 Å². The molecule has 1 aliphatic rings. The number of benzene rings is 1. The van der Waals surface area contributed by atoms with Crippen LogP contribution in [0.3, 0.4) is 0 Å². The quantitative estimate of drug-likeness (QED) is 0.872. The van der Waals surface area contributed by atoms with Crippen molar-refractivity contribution in [2.24, 2.45) is 0 Å². The highest BCUT2D eigenvalue weighted by Gasteiger charge is 2.28. The lowest BCUT2D eigenvalue weighted by molar-refractivity contribution is 0.175. The lowest BCUT2D eigenvalue weighted by Gasteiger charge is -2.22. The summed E-state index contributed by atoms with van der Waals surface area (Å²) < 4.78 is 6.10. The Morgan fingerprint density at radius 3 is 2.94 bits per heavy atom. The summed E-state index contributed by atoms with van der Waals surface area (Å²) in [7, 11) is 0. The first kappa shape index (κ1) is 13.7. The summed E-state index contributed by atoms with van der Waals surface area (Å²) in [4.78, 5) is 0. The van der Waals surface area contributed by atoms with E-state index in [2.05, 4.69) is 12.2 Å². The fraction of sp³-hybridized carbons (Fsp3) is 0.600. The monoisotopic (exact) mass is 267 g/mol. The van der Waals surface area contributed by atoms with E-state index in [1.54, 1.807) is 0 Å². The molecule has 1 aromatic carbocycles. The van der Waals surface area contributed by atoms with Gasteiger partial charge in [0.2, 0.25) is 0 Å². The Kier molecular flexibility index (Phi) is 4.90. The summed E-state index contributed by atoms with van der Waals surface area (Å²) >= 11 is 6.03. The molecule has 2 rings (SSSR count). The van der Waals surface area contributed by atoms with Crippen LogP contribution >= 0.6 is 11.6 Å². The van der Waals surface area contributed by atoms with Crippen LogP contribution in [-0.4, -0.2) is 18.7 Å². The summed E-state index contributed by atoms with van der Waals surface area (Å²) in [6.07, 6.45) is 5.08. The van der Waals surface area contributed by atoms with Crippen molar-refractivity contribution < 1.29 is 4.74 Å². The van der Waals surface area contributed by atoms with E-state index in [1.165, 1.54) is 19.3 Å². The molecule has 0 spiro atoms.